The zero-order chi connectivity index (χ0) is 22.5. The van der Waals surface area contributed by atoms with Crippen LogP contribution in [0.25, 0.3) is 10.9 Å². The normalized spacial score (nSPS) is 17.4. The van der Waals surface area contributed by atoms with E-state index in [4.69, 9.17) is 4.98 Å². The maximum absolute atomic E-state index is 12.5. The molecule has 2 aliphatic rings. The molecule has 0 spiro atoms. The smallest absolute Gasteiger partial charge is 0.224 e. The van der Waals surface area contributed by atoms with Crippen molar-refractivity contribution in [1.82, 2.24) is 9.88 Å². The summed E-state index contributed by atoms with van der Waals surface area (Å²) >= 11 is 0. The largest absolute Gasteiger partial charge is 0.357 e. The van der Waals surface area contributed by atoms with Crippen LogP contribution in [0.5, 0.6) is 0 Å². The van der Waals surface area contributed by atoms with Gasteiger partial charge in [-0.2, -0.15) is 0 Å². The lowest BCUT2D eigenvalue weighted by Crippen LogP contribution is -2.38. The first-order valence-electron chi connectivity index (χ1n) is 12.2. The van der Waals surface area contributed by atoms with Crippen LogP contribution in [0.4, 0.5) is 11.5 Å². The lowest BCUT2D eigenvalue weighted by molar-refractivity contribution is -0.134. The molecule has 6 nitrogen and oxygen atoms in total. The summed E-state index contributed by atoms with van der Waals surface area (Å²) in [5, 5.41) is 4.02. The van der Waals surface area contributed by atoms with E-state index >= 15 is 0 Å². The topological polar surface area (TPSA) is 65.5 Å². The Morgan fingerprint density at radius 2 is 1.75 bits per heavy atom. The van der Waals surface area contributed by atoms with Gasteiger partial charge in [-0.3, -0.25) is 9.59 Å². The third-order valence-corrected chi connectivity index (χ3v) is 7.05. The summed E-state index contributed by atoms with van der Waals surface area (Å²) in [4.78, 5) is 34.1. The molecular formula is C26H36N4O2. The van der Waals surface area contributed by atoms with Gasteiger partial charge >= 0.3 is 0 Å². The summed E-state index contributed by atoms with van der Waals surface area (Å²) in [5.41, 5.74) is 2.87. The minimum Gasteiger partial charge on any atom is -0.357 e. The number of amides is 2. The van der Waals surface area contributed by atoms with E-state index in [0.717, 1.165) is 53.9 Å². The molecule has 1 aliphatic carbocycles. The highest BCUT2D eigenvalue weighted by Crippen LogP contribution is 2.27. The van der Waals surface area contributed by atoms with Gasteiger partial charge in [0.1, 0.15) is 5.82 Å². The van der Waals surface area contributed by atoms with E-state index in [-0.39, 0.29) is 24.7 Å². The van der Waals surface area contributed by atoms with Gasteiger partial charge in [0.05, 0.1) is 5.52 Å². The van der Waals surface area contributed by atoms with E-state index in [1.54, 1.807) is 0 Å². The van der Waals surface area contributed by atoms with Crippen molar-refractivity contribution in [3.63, 3.8) is 0 Å². The number of fused-ring (bicyclic) bond motifs is 1. The minimum atomic E-state index is -0.120. The fourth-order valence-electron chi connectivity index (χ4n) is 5.03. The van der Waals surface area contributed by atoms with Crippen molar-refractivity contribution in [3.05, 3.63) is 29.8 Å². The summed E-state index contributed by atoms with van der Waals surface area (Å²) in [7, 11) is 1.88. The molecule has 32 heavy (non-hydrogen) atoms. The molecule has 0 radical (unpaired) electrons. The molecule has 6 heteroatoms. The number of nitrogens with zero attached hydrogens (tertiary/aromatic N) is 3. The van der Waals surface area contributed by atoms with Crippen LogP contribution >= 0.6 is 0 Å². The second-order valence-electron chi connectivity index (χ2n) is 9.42. The van der Waals surface area contributed by atoms with Gasteiger partial charge in [0.2, 0.25) is 11.8 Å². The molecule has 2 aromatic rings. The van der Waals surface area contributed by atoms with E-state index < -0.39 is 0 Å². The molecule has 0 unspecified atom stereocenters. The second-order valence-corrected chi connectivity index (χ2v) is 9.42. The highest BCUT2D eigenvalue weighted by Gasteiger charge is 2.22. The Labute approximate surface area is 191 Å². The number of hydrogen-bond donors (Lipinski definition) is 1. The number of hydrogen-bond acceptors (Lipinski definition) is 4. The quantitative estimate of drug-likeness (QED) is 0.689. The monoisotopic (exact) mass is 436 g/mol. The van der Waals surface area contributed by atoms with Gasteiger partial charge in [-0.05, 0) is 68.9 Å². The Morgan fingerprint density at radius 3 is 2.50 bits per heavy atom. The van der Waals surface area contributed by atoms with Gasteiger partial charge in [0, 0.05) is 50.1 Å². The number of aryl methyl sites for hydroxylation is 1. The molecule has 2 amide bonds. The number of carbonyl (C=O) groups excluding carboxylic acids is 2. The third-order valence-electron chi connectivity index (χ3n) is 7.05. The fraction of sp³-hybridized carbons (Fsp3) is 0.577. The van der Waals surface area contributed by atoms with Crippen molar-refractivity contribution in [1.29, 1.82) is 0 Å². The fourth-order valence-corrected chi connectivity index (χ4v) is 5.03. The second kappa shape index (κ2) is 10.3. The third kappa shape index (κ3) is 5.40. The van der Waals surface area contributed by atoms with Crippen molar-refractivity contribution < 1.29 is 9.59 Å². The van der Waals surface area contributed by atoms with Crippen molar-refractivity contribution in [2.24, 2.45) is 0 Å². The Kier molecular flexibility index (Phi) is 7.28. The zero-order valence-corrected chi connectivity index (χ0v) is 19.5. The van der Waals surface area contributed by atoms with Crippen LogP contribution in [0.2, 0.25) is 0 Å². The molecule has 1 aromatic heterocycles. The number of piperidine rings is 1. The number of anilines is 2. The zero-order valence-electron chi connectivity index (χ0n) is 19.5. The Bertz CT molecular complexity index is 962. The summed E-state index contributed by atoms with van der Waals surface area (Å²) < 4.78 is 0. The summed E-state index contributed by atoms with van der Waals surface area (Å²) in [5.74, 6) is 0.994. The van der Waals surface area contributed by atoms with Crippen LogP contribution in [0.1, 0.15) is 69.8 Å². The molecule has 4 rings (SSSR count). The summed E-state index contributed by atoms with van der Waals surface area (Å²) in [6.45, 7) is 4.24. The van der Waals surface area contributed by atoms with Crippen LogP contribution in [-0.4, -0.2) is 47.9 Å². The van der Waals surface area contributed by atoms with Gasteiger partial charge in [0.15, 0.2) is 0 Å². The van der Waals surface area contributed by atoms with Crippen molar-refractivity contribution in [3.8, 4) is 0 Å². The average molecular weight is 437 g/mol. The Morgan fingerprint density at radius 1 is 1.03 bits per heavy atom. The molecule has 1 saturated carbocycles. The van der Waals surface area contributed by atoms with Gasteiger partial charge in [-0.15, -0.1) is 0 Å². The first kappa shape index (κ1) is 22.6. The maximum atomic E-state index is 12.5. The Balaban J connectivity index is 1.35. The SMILES string of the molecule is Cc1cc(N2CCCCC2)nc2ccc(NC(=O)CCC(=O)N(C)C3CCCCC3)cc12. The molecule has 172 valence electrons. The molecule has 0 bridgehead atoms. The van der Waals surface area contributed by atoms with E-state index in [1.165, 1.54) is 38.5 Å². The predicted octanol–water partition coefficient (Wildman–Crippen LogP) is 5.04. The summed E-state index contributed by atoms with van der Waals surface area (Å²) in [6, 6.07) is 8.37. The number of pyridine rings is 1. The molecule has 1 N–H and O–H groups in total. The van der Waals surface area contributed by atoms with Crippen LogP contribution in [0.15, 0.2) is 24.3 Å². The lowest BCUT2D eigenvalue weighted by Gasteiger charge is -2.31. The van der Waals surface area contributed by atoms with Gasteiger partial charge in [-0.25, -0.2) is 4.98 Å². The molecule has 1 aromatic carbocycles. The molecule has 2 heterocycles. The Hall–Kier alpha value is -2.63. The number of rotatable bonds is 6. The first-order chi connectivity index (χ1) is 15.5. The molecular weight excluding hydrogens is 400 g/mol. The van der Waals surface area contributed by atoms with Crippen LogP contribution < -0.4 is 10.2 Å². The first-order valence-corrected chi connectivity index (χ1v) is 12.2. The van der Waals surface area contributed by atoms with Crippen LogP contribution in [-0.2, 0) is 9.59 Å². The van der Waals surface area contributed by atoms with Crippen molar-refractivity contribution in [2.45, 2.75) is 77.2 Å². The number of benzene rings is 1. The summed E-state index contributed by atoms with van der Waals surface area (Å²) in [6.07, 6.45) is 10.0. The van der Waals surface area contributed by atoms with Gasteiger partial charge in [0.25, 0.3) is 0 Å². The highest BCUT2D eigenvalue weighted by atomic mass is 16.2. The highest BCUT2D eigenvalue weighted by molar-refractivity contribution is 5.96. The maximum Gasteiger partial charge on any atom is 0.224 e. The van der Waals surface area contributed by atoms with E-state index in [9.17, 15) is 9.59 Å². The van der Waals surface area contributed by atoms with Crippen molar-refractivity contribution in [2.75, 3.05) is 30.4 Å². The number of carbonyl (C=O) groups is 2. The van der Waals surface area contributed by atoms with E-state index in [1.807, 2.05) is 30.1 Å². The number of nitrogens with one attached hydrogen (secondary N) is 1. The average Bonchev–Trinajstić information content (AvgIpc) is 2.83. The standard InChI is InChI=1S/C26H36N4O2/c1-19-17-24(30-15-7-4-8-16-30)28-23-12-11-20(18-22(19)23)27-25(31)13-14-26(32)29(2)21-9-5-3-6-10-21/h11-12,17-18,21H,3-10,13-16H2,1-2H3,(H,27,31). The molecule has 1 aliphatic heterocycles. The van der Waals surface area contributed by atoms with Crippen LogP contribution in [0.3, 0.4) is 0 Å². The van der Waals surface area contributed by atoms with E-state index in [2.05, 4.69) is 23.2 Å². The van der Waals surface area contributed by atoms with Gasteiger partial charge < -0.3 is 15.1 Å². The van der Waals surface area contributed by atoms with E-state index in [0.29, 0.717) is 6.04 Å². The van der Waals surface area contributed by atoms with Gasteiger partial charge in [-0.1, -0.05) is 19.3 Å². The molecule has 0 atom stereocenters. The predicted molar refractivity (Wildman–Crippen MR) is 130 cm³/mol. The lowest BCUT2D eigenvalue weighted by atomic mass is 9.94. The molecule has 2 fully saturated rings. The van der Waals surface area contributed by atoms with Crippen molar-refractivity contribution >= 4 is 34.2 Å². The minimum absolute atomic E-state index is 0.0656. The van der Waals surface area contributed by atoms with Crippen LogP contribution in [0, 0.1) is 6.92 Å². The molecule has 1 saturated heterocycles. The number of aromatic nitrogens is 1.